The van der Waals surface area contributed by atoms with Crippen molar-refractivity contribution in [3.05, 3.63) is 30.4 Å². The number of aliphatic hydroxyl groups is 1. The van der Waals surface area contributed by atoms with E-state index in [1.54, 1.807) is 19.3 Å². The number of halogens is 2. The first-order valence-electron chi connectivity index (χ1n) is 11.1. The van der Waals surface area contributed by atoms with Crippen molar-refractivity contribution in [3.63, 3.8) is 0 Å². The quantitative estimate of drug-likeness (QED) is 0.476. The standard InChI is InChI=1S/C23H28F2N6O2/c1-3-4-9-30-13-17(11-27-30)19-10-20(16-5-7-18(32)8-6-16)31-21(19)12-26-23(29-31)28-15(2)14-33-22(24)25/h1,10-13,15-16,18,22,32H,4-9,14H2,2H3,(H,28,29)/t15-,16?,18?/m0/s1. The molecule has 2 N–H and O–H groups in total. The molecular weight excluding hydrogens is 430 g/mol. The van der Waals surface area contributed by atoms with Gasteiger partial charge in [-0.1, -0.05) is 0 Å². The van der Waals surface area contributed by atoms with Crippen molar-refractivity contribution in [2.75, 3.05) is 11.9 Å². The Balaban J connectivity index is 1.67. The highest BCUT2D eigenvalue weighted by Crippen LogP contribution is 2.37. The number of aliphatic hydroxyl groups excluding tert-OH is 1. The van der Waals surface area contributed by atoms with Crippen LogP contribution in [0.1, 0.15) is 50.6 Å². The number of alkyl halides is 2. The summed E-state index contributed by atoms with van der Waals surface area (Å²) < 4.78 is 32.8. The molecule has 3 aromatic heterocycles. The van der Waals surface area contributed by atoms with E-state index in [-0.39, 0.29) is 18.6 Å². The van der Waals surface area contributed by atoms with Crippen LogP contribution in [0.5, 0.6) is 0 Å². The van der Waals surface area contributed by atoms with Gasteiger partial charge in [0.05, 0.1) is 37.2 Å². The Morgan fingerprint density at radius 3 is 2.82 bits per heavy atom. The molecule has 1 atom stereocenters. The molecule has 10 heteroatoms. The molecule has 3 aromatic rings. The maximum atomic E-state index is 12.3. The molecule has 176 valence electrons. The molecule has 0 aliphatic heterocycles. The van der Waals surface area contributed by atoms with E-state index in [1.807, 2.05) is 15.4 Å². The molecule has 0 saturated heterocycles. The highest BCUT2D eigenvalue weighted by molar-refractivity contribution is 5.81. The molecule has 0 aromatic carbocycles. The zero-order chi connectivity index (χ0) is 23.4. The van der Waals surface area contributed by atoms with Crippen LogP contribution in [-0.2, 0) is 11.3 Å². The van der Waals surface area contributed by atoms with Crippen molar-refractivity contribution < 1.29 is 18.6 Å². The Morgan fingerprint density at radius 2 is 2.09 bits per heavy atom. The van der Waals surface area contributed by atoms with E-state index in [9.17, 15) is 13.9 Å². The van der Waals surface area contributed by atoms with Gasteiger partial charge in [0.15, 0.2) is 0 Å². The Kier molecular flexibility index (Phi) is 7.20. The van der Waals surface area contributed by atoms with Gasteiger partial charge in [-0.2, -0.15) is 13.9 Å². The monoisotopic (exact) mass is 458 g/mol. The summed E-state index contributed by atoms with van der Waals surface area (Å²) in [7, 11) is 0. The van der Waals surface area contributed by atoms with Crippen molar-refractivity contribution in [3.8, 4) is 23.5 Å². The van der Waals surface area contributed by atoms with Crippen LogP contribution in [-0.4, -0.2) is 54.8 Å². The highest BCUT2D eigenvalue weighted by Gasteiger charge is 2.26. The van der Waals surface area contributed by atoms with Gasteiger partial charge in [0.1, 0.15) is 0 Å². The lowest BCUT2D eigenvalue weighted by Gasteiger charge is -2.25. The normalized spacial score (nSPS) is 19.6. The molecule has 3 heterocycles. The minimum Gasteiger partial charge on any atom is -0.393 e. The third kappa shape index (κ3) is 5.49. The van der Waals surface area contributed by atoms with Gasteiger partial charge >= 0.3 is 6.61 Å². The Hall–Kier alpha value is -3.03. The lowest BCUT2D eigenvalue weighted by molar-refractivity contribution is -0.130. The van der Waals surface area contributed by atoms with Gasteiger partial charge in [0, 0.05) is 41.4 Å². The third-order valence-electron chi connectivity index (χ3n) is 5.94. The smallest absolute Gasteiger partial charge is 0.345 e. The average molecular weight is 459 g/mol. The van der Waals surface area contributed by atoms with E-state index in [1.165, 1.54) is 0 Å². The number of aromatic nitrogens is 5. The van der Waals surface area contributed by atoms with Gasteiger partial charge in [0.25, 0.3) is 0 Å². The number of anilines is 1. The Labute approximate surface area is 191 Å². The molecule has 0 spiro atoms. The fraction of sp³-hybridized carbons (Fsp3) is 0.522. The molecule has 8 nitrogen and oxygen atoms in total. The molecule has 0 radical (unpaired) electrons. The molecule has 1 aliphatic carbocycles. The summed E-state index contributed by atoms with van der Waals surface area (Å²) in [4.78, 5) is 4.41. The number of aryl methyl sites for hydroxylation is 1. The summed E-state index contributed by atoms with van der Waals surface area (Å²) in [5, 5.41) is 22.1. The van der Waals surface area contributed by atoms with Gasteiger partial charge in [-0.05, 0) is 38.7 Å². The molecule has 1 saturated carbocycles. The lowest BCUT2D eigenvalue weighted by atomic mass is 9.85. The molecule has 33 heavy (non-hydrogen) atoms. The van der Waals surface area contributed by atoms with Gasteiger partial charge in [-0.25, -0.2) is 9.50 Å². The van der Waals surface area contributed by atoms with Gasteiger partial charge in [-0.3, -0.25) is 4.68 Å². The van der Waals surface area contributed by atoms with Crippen molar-refractivity contribution in [1.82, 2.24) is 24.4 Å². The SMILES string of the molecule is C#CCCn1cc(-c2cc(C3CCC(O)CC3)n3nc(N[C@@H](C)COC(F)F)ncc23)cn1. The lowest BCUT2D eigenvalue weighted by Crippen LogP contribution is -2.25. The second kappa shape index (κ2) is 10.3. The predicted molar refractivity (Wildman–Crippen MR) is 120 cm³/mol. The van der Waals surface area contributed by atoms with Crippen LogP contribution in [0.25, 0.3) is 16.6 Å². The maximum Gasteiger partial charge on any atom is 0.345 e. The molecule has 1 fully saturated rings. The van der Waals surface area contributed by atoms with Crippen LogP contribution in [0.15, 0.2) is 24.7 Å². The number of nitrogens with one attached hydrogen (secondary N) is 1. The Morgan fingerprint density at radius 1 is 1.30 bits per heavy atom. The van der Waals surface area contributed by atoms with E-state index in [2.05, 4.69) is 37.2 Å². The summed E-state index contributed by atoms with van der Waals surface area (Å²) in [5.74, 6) is 3.19. The fourth-order valence-corrected chi connectivity index (χ4v) is 4.26. The Bertz CT molecular complexity index is 1110. The molecular formula is C23H28F2N6O2. The van der Waals surface area contributed by atoms with Crippen LogP contribution in [0.3, 0.4) is 0 Å². The summed E-state index contributed by atoms with van der Waals surface area (Å²) in [6.45, 7) is -0.621. The summed E-state index contributed by atoms with van der Waals surface area (Å²) >= 11 is 0. The van der Waals surface area contributed by atoms with Crippen LogP contribution in [0.4, 0.5) is 14.7 Å². The van der Waals surface area contributed by atoms with Crippen molar-refractivity contribution in [2.45, 2.75) is 70.2 Å². The van der Waals surface area contributed by atoms with Gasteiger partial charge in [0.2, 0.25) is 5.95 Å². The van der Waals surface area contributed by atoms with Crippen molar-refractivity contribution in [2.24, 2.45) is 0 Å². The van der Waals surface area contributed by atoms with E-state index < -0.39 is 12.7 Å². The molecule has 4 rings (SSSR count). The number of fused-ring (bicyclic) bond motifs is 1. The minimum atomic E-state index is -2.82. The average Bonchev–Trinajstić information content (AvgIpc) is 3.41. The summed E-state index contributed by atoms with van der Waals surface area (Å²) in [6.07, 6.45) is 14.4. The largest absolute Gasteiger partial charge is 0.393 e. The molecule has 0 unspecified atom stereocenters. The van der Waals surface area contributed by atoms with Crippen LogP contribution in [0.2, 0.25) is 0 Å². The van der Waals surface area contributed by atoms with Gasteiger partial charge < -0.3 is 15.2 Å². The van der Waals surface area contributed by atoms with Crippen molar-refractivity contribution in [1.29, 1.82) is 0 Å². The van der Waals surface area contributed by atoms with Crippen LogP contribution >= 0.6 is 0 Å². The third-order valence-corrected chi connectivity index (χ3v) is 5.94. The second-order valence-corrected chi connectivity index (χ2v) is 8.45. The maximum absolute atomic E-state index is 12.3. The number of rotatable bonds is 9. The number of hydrogen-bond donors (Lipinski definition) is 2. The van der Waals surface area contributed by atoms with Crippen molar-refractivity contribution >= 4 is 11.5 Å². The fourth-order valence-electron chi connectivity index (χ4n) is 4.26. The van der Waals surface area contributed by atoms with Gasteiger partial charge in [-0.15, -0.1) is 17.4 Å². The van der Waals surface area contributed by atoms with E-state index in [4.69, 9.17) is 6.42 Å². The topological polar surface area (TPSA) is 89.5 Å². The van der Waals surface area contributed by atoms with Crippen LogP contribution < -0.4 is 5.32 Å². The van der Waals surface area contributed by atoms with E-state index in [0.29, 0.717) is 18.9 Å². The first-order chi connectivity index (χ1) is 15.9. The molecule has 0 bridgehead atoms. The van der Waals surface area contributed by atoms with E-state index >= 15 is 0 Å². The number of terminal acetylenes is 1. The zero-order valence-electron chi connectivity index (χ0n) is 18.5. The predicted octanol–water partition coefficient (Wildman–Crippen LogP) is 3.67. The number of hydrogen-bond acceptors (Lipinski definition) is 6. The van der Waals surface area contributed by atoms with E-state index in [0.717, 1.165) is 48.0 Å². The number of ether oxygens (including phenoxy) is 1. The number of nitrogens with zero attached hydrogens (tertiary/aromatic N) is 5. The first kappa shape index (κ1) is 23.1. The second-order valence-electron chi connectivity index (χ2n) is 8.45. The minimum absolute atomic E-state index is 0.166. The summed E-state index contributed by atoms with van der Waals surface area (Å²) in [5.41, 5.74) is 3.76. The summed E-state index contributed by atoms with van der Waals surface area (Å²) in [6, 6.07) is 1.72. The van der Waals surface area contributed by atoms with Crippen LogP contribution in [0, 0.1) is 12.3 Å². The molecule has 1 aliphatic rings. The highest BCUT2D eigenvalue weighted by atomic mass is 19.3. The zero-order valence-corrected chi connectivity index (χ0v) is 18.5. The first-order valence-corrected chi connectivity index (χ1v) is 11.1. The molecule has 0 amide bonds.